The third-order valence-electron chi connectivity index (χ3n) is 4.37. The van der Waals surface area contributed by atoms with E-state index in [1.54, 1.807) is 0 Å². The Morgan fingerprint density at radius 1 is 1.32 bits per heavy atom. The van der Waals surface area contributed by atoms with E-state index >= 15 is 0 Å². The van der Waals surface area contributed by atoms with E-state index in [1.165, 1.54) is 4.90 Å². The normalized spacial score (nSPS) is 21.2. The zero-order chi connectivity index (χ0) is 16.2. The Hall–Kier alpha value is -1.89. The van der Waals surface area contributed by atoms with Crippen LogP contribution >= 0.6 is 0 Å². The standard InChI is InChI=1S/C15H23N3O4/c1-2-8-17-10-6-15(7-11-17)13(21)18(14(22)16-15)9-4-3-5-12(19)20/h2H,1,3-11H2,(H,16,22)(H,19,20). The highest BCUT2D eigenvalue weighted by Crippen LogP contribution is 2.29. The molecule has 0 unspecified atom stereocenters. The number of piperidine rings is 1. The molecule has 0 saturated carbocycles. The summed E-state index contributed by atoms with van der Waals surface area (Å²) in [6.07, 6.45) is 4.10. The summed E-state index contributed by atoms with van der Waals surface area (Å²) in [7, 11) is 0. The van der Waals surface area contributed by atoms with Crippen LogP contribution in [-0.4, -0.2) is 64.5 Å². The number of likely N-dealkylation sites (tertiary alicyclic amines) is 1. The highest BCUT2D eigenvalue weighted by molar-refractivity contribution is 6.07. The van der Waals surface area contributed by atoms with E-state index in [1.807, 2.05) is 6.08 Å². The fourth-order valence-electron chi connectivity index (χ4n) is 3.06. The maximum atomic E-state index is 12.6. The number of carboxylic acid groups (broad SMARTS) is 1. The van der Waals surface area contributed by atoms with Crippen LogP contribution in [0.15, 0.2) is 12.7 Å². The molecule has 22 heavy (non-hydrogen) atoms. The molecule has 7 nitrogen and oxygen atoms in total. The van der Waals surface area contributed by atoms with E-state index < -0.39 is 11.5 Å². The number of amides is 3. The second-order valence-electron chi connectivity index (χ2n) is 5.91. The van der Waals surface area contributed by atoms with Crippen molar-refractivity contribution in [2.75, 3.05) is 26.2 Å². The van der Waals surface area contributed by atoms with Gasteiger partial charge in [-0.15, -0.1) is 6.58 Å². The van der Waals surface area contributed by atoms with Crippen LogP contribution in [-0.2, 0) is 9.59 Å². The number of nitrogens with zero attached hydrogens (tertiary/aromatic N) is 2. The van der Waals surface area contributed by atoms with Gasteiger partial charge in [0.1, 0.15) is 5.54 Å². The number of aliphatic carboxylic acids is 1. The number of rotatable bonds is 7. The second-order valence-corrected chi connectivity index (χ2v) is 5.91. The van der Waals surface area contributed by atoms with E-state index in [0.29, 0.717) is 25.7 Å². The van der Waals surface area contributed by atoms with Crippen molar-refractivity contribution < 1.29 is 19.5 Å². The van der Waals surface area contributed by atoms with Crippen LogP contribution in [0.4, 0.5) is 4.79 Å². The Labute approximate surface area is 129 Å². The first-order valence-electron chi connectivity index (χ1n) is 7.68. The smallest absolute Gasteiger partial charge is 0.325 e. The van der Waals surface area contributed by atoms with Gasteiger partial charge in [0.2, 0.25) is 0 Å². The van der Waals surface area contributed by atoms with Crippen molar-refractivity contribution in [3.05, 3.63) is 12.7 Å². The number of carbonyl (C=O) groups excluding carboxylic acids is 2. The maximum absolute atomic E-state index is 12.6. The highest BCUT2D eigenvalue weighted by atomic mass is 16.4. The van der Waals surface area contributed by atoms with Gasteiger partial charge in [-0.05, 0) is 25.7 Å². The molecule has 0 aliphatic carbocycles. The van der Waals surface area contributed by atoms with Crippen molar-refractivity contribution in [3.8, 4) is 0 Å². The molecule has 0 bridgehead atoms. The van der Waals surface area contributed by atoms with Gasteiger partial charge in [-0.25, -0.2) is 4.79 Å². The summed E-state index contributed by atoms with van der Waals surface area (Å²) in [5.74, 6) is -1.02. The van der Waals surface area contributed by atoms with Gasteiger partial charge in [0, 0.05) is 32.6 Å². The third-order valence-corrected chi connectivity index (χ3v) is 4.37. The fraction of sp³-hybridized carbons (Fsp3) is 0.667. The van der Waals surface area contributed by atoms with Crippen LogP contribution in [0.5, 0.6) is 0 Å². The molecule has 2 aliphatic rings. The number of carboxylic acids is 1. The minimum atomic E-state index is -0.858. The quantitative estimate of drug-likeness (QED) is 0.413. The van der Waals surface area contributed by atoms with E-state index in [0.717, 1.165) is 19.6 Å². The fourth-order valence-corrected chi connectivity index (χ4v) is 3.06. The van der Waals surface area contributed by atoms with Gasteiger partial charge in [0.25, 0.3) is 5.91 Å². The average molecular weight is 309 g/mol. The molecule has 1 spiro atoms. The molecule has 0 aromatic rings. The molecule has 0 atom stereocenters. The molecule has 2 N–H and O–H groups in total. The van der Waals surface area contributed by atoms with Crippen molar-refractivity contribution in [1.29, 1.82) is 0 Å². The summed E-state index contributed by atoms with van der Waals surface area (Å²) in [6.45, 7) is 6.29. The predicted octanol–water partition coefficient (Wildman–Crippen LogP) is 0.814. The number of urea groups is 1. The molecule has 2 saturated heterocycles. The maximum Gasteiger partial charge on any atom is 0.325 e. The van der Waals surface area contributed by atoms with Gasteiger partial charge in [0.05, 0.1) is 0 Å². The number of carbonyl (C=O) groups is 3. The van der Waals surface area contributed by atoms with E-state index in [2.05, 4.69) is 16.8 Å². The zero-order valence-corrected chi connectivity index (χ0v) is 12.7. The number of nitrogens with one attached hydrogen (secondary N) is 1. The lowest BCUT2D eigenvalue weighted by atomic mass is 9.87. The lowest BCUT2D eigenvalue weighted by Crippen LogP contribution is -2.54. The van der Waals surface area contributed by atoms with Crippen molar-refractivity contribution in [2.45, 2.75) is 37.6 Å². The number of hydrogen-bond donors (Lipinski definition) is 2. The highest BCUT2D eigenvalue weighted by Gasteiger charge is 2.51. The Morgan fingerprint density at radius 3 is 2.59 bits per heavy atom. The van der Waals surface area contributed by atoms with Crippen LogP contribution < -0.4 is 5.32 Å². The largest absolute Gasteiger partial charge is 0.481 e. The predicted molar refractivity (Wildman–Crippen MR) is 80.3 cm³/mol. The number of unbranched alkanes of at least 4 members (excludes halogenated alkanes) is 1. The van der Waals surface area contributed by atoms with Crippen LogP contribution in [0.3, 0.4) is 0 Å². The Balaban J connectivity index is 1.88. The van der Waals surface area contributed by atoms with Gasteiger partial charge >= 0.3 is 12.0 Å². The van der Waals surface area contributed by atoms with Gasteiger partial charge in [-0.2, -0.15) is 0 Å². The van der Waals surface area contributed by atoms with Crippen LogP contribution in [0.1, 0.15) is 32.1 Å². The Kier molecular flexibility index (Phi) is 5.18. The topological polar surface area (TPSA) is 90.0 Å². The molecule has 2 rings (SSSR count). The summed E-state index contributed by atoms with van der Waals surface area (Å²) in [5, 5.41) is 11.5. The van der Waals surface area contributed by atoms with Crippen molar-refractivity contribution in [2.24, 2.45) is 0 Å². The van der Waals surface area contributed by atoms with Crippen LogP contribution in [0.2, 0.25) is 0 Å². The zero-order valence-electron chi connectivity index (χ0n) is 12.7. The lowest BCUT2D eigenvalue weighted by molar-refractivity contribution is -0.137. The first-order valence-corrected chi connectivity index (χ1v) is 7.68. The molecule has 0 aromatic heterocycles. The summed E-state index contributed by atoms with van der Waals surface area (Å²) < 4.78 is 0. The van der Waals surface area contributed by atoms with Crippen molar-refractivity contribution in [1.82, 2.24) is 15.1 Å². The minimum absolute atomic E-state index is 0.0608. The van der Waals surface area contributed by atoms with Crippen LogP contribution in [0.25, 0.3) is 0 Å². The molecule has 7 heteroatoms. The van der Waals surface area contributed by atoms with Gasteiger partial charge in [-0.3, -0.25) is 19.4 Å². The first kappa shape index (κ1) is 16.5. The second kappa shape index (κ2) is 6.91. The van der Waals surface area contributed by atoms with Crippen LogP contribution in [0, 0.1) is 0 Å². The molecule has 2 heterocycles. The molecule has 122 valence electrons. The molecule has 3 amide bonds. The summed E-state index contributed by atoms with van der Waals surface area (Å²) >= 11 is 0. The first-order chi connectivity index (χ1) is 10.5. The Bertz CT molecular complexity index is 469. The summed E-state index contributed by atoms with van der Waals surface area (Å²) in [5.41, 5.74) is -0.762. The van der Waals surface area contributed by atoms with E-state index in [4.69, 9.17) is 5.11 Å². The number of imide groups is 1. The van der Waals surface area contributed by atoms with Gasteiger partial charge < -0.3 is 10.4 Å². The molecule has 0 aromatic carbocycles. The number of hydrogen-bond acceptors (Lipinski definition) is 4. The minimum Gasteiger partial charge on any atom is -0.481 e. The Morgan fingerprint density at radius 2 is 2.00 bits per heavy atom. The SMILES string of the molecule is C=CCN1CCC2(CC1)NC(=O)N(CCCCC(=O)O)C2=O. The van der Waals surface area contributed by atoms with Gasteiger partial charge in [-0.1, -0.05) is 6.08 Å². The summed E-state index contributed by atoms with van der Waals surface area (Å²) in [4.78, 5) is 38.5. The lowest BCUT2D eigenvalue weighted by Gasteiger charge is -2.36. The monoisotopic (exact) mass is 309 g/mol. The van der Waals surface area contributed by atoms with E-state index in [9.17, 15) is 14.4 Å². The molecule has 0 radical (unpaired) electrons. The third kappa shape index (κ3) is 3.47. The molecule has 2 fully saturated rings. The summed E-state index contributed by atoms with van der Waals surface area (Å²) in [6, 6.07) is -0.350. The van der Waals surface area contributed by atoms with E-state index in [-0.39, 0.29) is 24.9 Å². The van der Waals surface area contributed by atoms with Gasteiger partial charge in [0.15, 0.2) is 0 Å². The molecular formula is C15H23N3O4. The average Bonchev–Trinajstić information content (AvgIpc) is 2.70. The molecule has 2 aliphatic heterocycles. The van der Waals surface area contributed by atoms with Crippen molar-refractivity contribution >= 4 is 17.9 Å². The molecular weight excluding hydrogens is 286 g/mol. The van der Waals surface area contributed by atoms with Crippen molar-refractivity contribution in [3.63, 3.8) is 0 Å².